The molecule has 2 aliphatic rings. The molecule has 2 aliphatic carbocycles. The van der Waals surface area contributed by atoms with Crippen molar-refractivity contribution in [1.82, 2.24) is 5.32 Å². The fourth-order valence-corrected chi connectivity index (χ4v) is 4.35. The zero-order valence-corrected chi connectivity index (χ0v) is 16.3. The second kappa shape index (κ2) is 7.65. The number of hydrogen-bond donors (Lipinski definition) is 2. The standard InChI is InChI=1S/C20H30N2O2.ClH/c1-4-24-17-13-20(21,19(17,2)3)18(23)22-16-12-8-11-15(16)14-9-6-5-7-10-14;/h5-7,9-10,15-17H,4,8,11-13,21H2,1-3H3,(H,22,23);1H. The number of hydrogen-bond acceptors (Lipinski definition) is 3. The molecule has 3 rings (SSSR count). The second-order valence-corrected chi connectivity index (χ2v) is 7.87. The topological polar surface area (TPSA) is 64.3 Å². The van der Waals surface area contributed by atoms with E-state index in [9.17, 15) is 4.79 Å². The summed E-state index contributed by atoms with van der Waals surface area (Å²) in [5, 5.41) is 3.27. The maximum Gasteiger partial charge on any atom is 0.241 e. The second-order valence-electron chi connectivity index (χ2n) is 7.87. The van der Waals surface area contributed by atoms with Crippen molar-refractivity contribution in [3.8, 4) is 0 Å². The largest absolute Gasteiger partial charge is 0.378 e. The van der Waals surface area contributed by atoms with Crippen LogP contribution in [0, 0.1) is 5.41 Å². The normalized spacial score (nSPS) is 33.2. The first-order chi connectivity index (χ1) is 11.4. The summed E-state index contributed by atoms with van der Waals surface area (Å²) < 4.78 is 5.74. The third-order valence-corrected chi connectivity index (χ3v) is 6.30. The molecule has 2 fully saturated rings. The molecule has 1 amide bonds. The summed E-state index contributed by atoms with van der Waals surface area (Å²) in [7, 11) is 0. The van der Waals surface area contributed by atoms with Gasteiger partial charge in [-0.15, -0.1) is 12.4 Å². The van der Waals surface area contributed by atoms with E-state index in [1.165, 1.54) is 5.56 Å². The molecule has 0 saturated heterocycles. The van der Waals surface area contributed by atoms with Crippen LogP contribution < -0.4 is 11.1 Å². The molecule has 0 heterocycles. The summed E-state index contributed by atoms with van der Waals surface area (Å²) in [6, 6.07) is 10.7. The van der Waals surface area contributed by atoms with Crippen molar-refractivity contribution in [3.05, 3.63) is 35.9 Å². The molecular weight excluding hydrogens is 336 g/mol. The molecule has 4 atom stereocenters. The number of amides is 1. The molecular formula is C20H31ClN2O2. The molecule has 0 radical (unpaired) electrons. The quantitative estimate of drug-likeness (QED) is 0.839. The maximum atomic E-state index is 13.0. The van der Waals surface area contributed by atoms with E-state index < -0.39 is 5.54 Å². The van der Waals surface area contributed by atoms with Crippen molar-refractivity contribution >= 4 is 18.3 Å². The molecule has 0 aliphatic heterocycles. The lowest BCUT2D eigenvalue weighted by Gasteiger charge is -2.57. The first kappa shape index (κ1) is 20.2. The van der Waals surface area contributed by atoms with Gasteiger partial charge in [0.15, 0.2) is 0 Å². The Kier molecular flexibility index (Phi) is 6.18. The molecule has 25 heavy (non-hydrogen) atoms. The third kappa shape index (κ3) is 3.44. The highest BCUT2D eigenvalue weighted by Gasteiger charge is 2.63. The van der Waals surface area contributed by atoms with E-state index in [1.807, 2.05) is 26.8 Å². The summed E-state index contributed by atoms with van der Waals surface area (Å²) in [5.74, 6) is 0.376. The molecule has 1 aromatic rings. The Morgan fingerprint density at radius 1 is 1.28 bits per heavy atom. The lowest BCUT2D eigenvalue weighted by molar-refractivity contribution is -0.171. The van der Waals surface area contributed by atoms with Crippen molar-refractivity contribution in [3.63, 3.8) is 0 Å². The lowest BCUT2D eigenvalue weighted by atomic mass is 9.54. The van der Waals surface area contributed by atoms with E-state index in [-0.39, 0.29) is 35.9 Å². The summed E-state index contributed by atoms with van der Waals surface area (Å²) in [6.07, 6.45) is 3.95. The number of benzene rings is 1. The molecule has 5 heteroatoms. The van der Waals surface area contributed by atoms with Crippen LogP contribution in [0.2, 0.25) is 0 Å². The Morgan fingerprint density at radius 3 is 2.56 bits per heavy atom. The minimum atomic E-state index is -0.837. The van der Waals surface area contributed by atoms with Crippen molar-refractivity contribution in [2.75, 3.05) is 6.61 Å². The van der Waals surface area contributed by atoms with Crippen LogP contribution in [0.4, 0.5) is 0 Å². The van der Waals surface area contributed by atoms with E-state index >= 15 is 0 Å². The van der Waals surface area contributed by atoms with Crippen molar-refractivity contribution in [2.45, 2.75) is 70.1 Å². The number of ether oxygens (including phenoxy) is 1. The minimum Gasteiger partial charge on any atom is -0.378 e. The van der Waals surface area contributed by atoms with E-state index in [4.69, 9.17) is 10.5 Å². The summed E-state index contributed by atoms with van der Waals surface area (Å²) in [4.78, 5) is 13.0. The summed E-state index contributed by atoms with van der Waals surface area (Å²) in [6.45, 7) is 6.72. The van der Waals surface area contributed by atoms with Crippen molar-refractivity contribution < 1.29 is 9.53 Å². The number of carbonyl (C=O) groups is 1. The Labute approximate surface area is 157 Å². The molecule has 0 spiro atoms. The average Bonchev–Trinajstić information content (AvgIpc) is 3.03. The molecule has 3 N–H and O–H groups in total. The molecule has 140 valence electrons. The fraction of sp³-hybridized carbons (Fsp3) is 0.650. The summed E-state index contributed by atoms with van der Waals surface area (Å²) >= 11 is 0. The molecule has 0 bridgehead atoms. The van der Waals surface area contributed by atoms with Gasteiger partial charge >= 0.3 is 0 Å². The Hall–Kier alpha value is -1.10. The molecule has 1 aromatic carbocycles. The lowest BCUT2D eigenvalue weighted by Crippen LogP contribution is -2.76. The van der Waals surface area contributed by atoms with Crippen LogP contribution in [0.1, 0.15) is 57.9 Å². The number of rotatable bonds is 5. The van der Waals surface area contributed by atoms with Gasteiger partial charge in [0.05, 0.1) is 6.10 Å². The van der Waals surface area contributed by atoms with E-state index in [0.717, 1.165) is 19.3 Å². The fourth-order valence-electron chi connectivity index (χ4n) is 4.35. The Bertz CT molecular complexity index is 593. The van der Waals surface area contributed by atoms with E-state index in [1.54, 1.807) is 0 Å². The number of halogens is 1. The minimum absolute atomic E-state index is 0. The zero-order chi connectivity index (χ0) is 17.4. The van der Waals surface area contributed by atoms with Gasteiger partial charge in [-0.05, 0) is 25.3 Å². The molecule has 4 nitrogen and oxygen atoms in total. The van der Waals surface area contributed by atoms with Crippen LogP contribution in [-0.4, -0.2) is 30.2 Å². The number of nitrogens with two attached hydrogens (primary N) is 1. The van der Waals surface area contributed by atoms with Crippen LogP contribution in [0.5, 0.6) is 0 Å². The molecule has 2 saturated carbocycles. The first-order valence-electron chi connectivity index (χ1n) is 9.16. The smallest absolute Gasteiger partial charge is 0.241 e. The van der Waals surface area contributed by atoms with Crippen LogP contribution in [0.3, 0.4) is 0 Å². The summed E-state index contributed by atoms with van der Waals surface area (Å²) in [5.41, 5.74) is 6.65. The first-order valence-corrected chi connectivity index (χ1v) is 9.16. The van der Waals surface area contributed by atoms with E-state index in [2.05, 4.69) is 29.6 Å². The van der Waals surface area contributed by atoms with Crippen molar-refractivity contribution in [2.24, 2.45) is 11.1 Å². The average molecular weight is 367 g/mol. The van der Waals surface area contributed by atoms with Gasteiger partial charge in [-0.25, -0.2) is 0 Å². The van der Waals surface area contributed by atoms with Gasteiger partial charge in [0.25, 0.3) is 0 Å². The van der Waals surface area contributed by atoms with Crippen LogP contribution in [0.25, 0.3) is 0 Å². The maximum absolute atomic E-state index is 13.0. The van der Waals surface area contributed by atoms with Gasteiger partial charge in [-0.2, -0.15) is 0 Å². The molecule has 0 aromatic heterocycles. The van der Waals surface area contributed by atoms with Crippen LogP contribution in [-0.2, 0) is 9.53 Å². The van der Waals surface area contributed by atoms with E-state index in [0.29, 0.717) is 18.9 Å². The van der Waals surface area contributed by atoms with Gasteiger partial charge < -0.3 is 15.8 Å². The number of nitrogens with one attached hydrogen (secondary N) is 1. The predicted octanol–water partition coefficient (Wildman–Crippen LogP) is 3.39. The van der Waals surface area contributed by atoms with Crippen LogP contribution in [0.15, 0.2) is 30.3 Å². The van der Waals surface area contributed by atoms with Gasteiger partial charge in [0.1, 0.15) is 5.54 Å². The molecule has 4 unspecified atom stereocenters. The predicted molar refractivity (Wildman–Crippen MR) is 103 cm³/mol. The van der Waals surface area contributed by atoms with Gasteiger partial charge in [0.2, 0.25) is 5.91 Å². The van der Waals surface area contributed by atoms with Crippen LogP contribution >= 0.6 is 12.4 Å². The Balaban J connectivity index is 0.00000225. The SMILES string of the molecule is CCOC1CC(N)(C(=O)NC2CCCC2c2ccccc2)C1(C)C.Cl. The number of carbonyl (C=O) groups excluding carboxylic acids is 1. The van der Waals surface area contributed by atoms with Gasteiger partial charge in [-0.3, -0.25) is 4.79 Å². The highest BCUT2D eigenvalue weighted by Crippen LogP contribution is 2.50. The van der Waals surface area contributed by atoms with Crippen molar-refractivity contribution in [1.29, 1.82) is 0 Å². The highest BCUT2D eigenvalue weighted by atomic mass is 35.5. The van der Waals surface area contributed by atoms with Gasteiger partial charge in [-0.1, -0.05) is 50.6 Å². The Morgan fingerprint density at radius 2 is 1.96 bits per heavy atom. The van der Waals surface area contributed by atoms with Gasteiger partial charge in [0, 0.05) is 30.4 Å². The third-order valence-electron chi connectivity index (χ3n) is 6.30. The monoisotopic (exact) mass is 366 g/mol. The highest BCUT2D eigenvalue weighted by molar-refractivity contribution is 5.89. The zero-order valence-electron chi connectivity index (χ0n) is 15.5.